The maximum absolute atomic E-state index is 15.1. The number of carbonyl (C=O) groups is 3. The van der Waals surface area contributed by atoms with E-state index < -0.39 is 47.0 Å². The van der Waals surface area contributed by atoms with Gasteiger partial charge < -0.3 is 29.7 Å². The van der Waals surface area contributed by atoms with E-state index in [0.717, 1.165) is 5.56 Å². The third-order valence-electron chi connectivity index (χ3n) is 9.50. The third-order valence-corrected chi connectivity index (χ3v) is 9.50. The molecule has 1 aromatic carbocycles. The minimum atomic E-state index is -1.99. The van der Waals surface area contributed by atoms with Crippen LogP contribution in [0.25, 0.3) is 22.3 Å². The Labute approximate surface area is 238 Å². The molecule has 0 bridgehead atoms. The van der Waals surface area contributed by atoms with Gasteiger partial charge in [0, 0.05) is 29.1 Å². The van der Waals surface area contributed by atoms with Crippen LogP contribution in [0, 0.1) is 12.7 Å². The number of hydrogen-bond acceptors (Lipinski definition) is 8. The molecule has 7 rings (SSSR count). The summed E-state index contributed by atoms with van der Waals surface area (Å²) in [5, 5.41) is 25.4. The molecule has 0 saturated carbocycles. The summed E-state index contributed by atoms with van der Waals surface area (Å²) in [7, 11) is 0. The molecule has 3 aliphatic heterocycles. The topological polar surface area (TPSA) is 151 Å². The number of pyridine rings is 2. The standard InChI is InChI=1S/C30H29FN4O7/c1-3-30(41)17-8-21-25-15(10-35(21)28(39)16(17)11-42-29(30)40)24-19(33-27(38)26-22(37)6-7-34(26)12-36)5-4-14-13(2)18(31)9-20(32-25)23(14)24/h8-9,12,19,22,26,37,41H,3-7,10-11H2,1-2H3,(H,33,38)/t19-,22-,26?,30-/m0/s1. The fraction of sp³-hybridized carbons (Fsp3) is 0.433. The van der Waals surface area contributed by atoms with Crippen LogP contribution in [0.1, 0.15) is 65.6 Å². The second-order valence-corrected chi connectivity index (χ2v) is 11.6. The van der Waals surface area contributed by atoms with E-state index in [4.69, 9.17) is 9.72 Å². The summed E-state index contributed by atoms with van der Waals surface area (Å²) < 4.78 is 21.8. The molecule has 12 heteroatoms. The normalized spacial score (nSPS) is 25.6. The molecule has 0 radical (unpaired) electrons. The Morgan fingerprint density at radius 3 is 2.79 bits per heavy atom. The van der Waals surface area contributed by atoms with Crippen molar-refractivity contribution in [1.29, 1.82) is 0 Å². The first-order chi connectivity index (χ1) is 20.1. The smallest absolute Gasteiger partial charge is 0.343 e. The van der Waals surface area contributed by atoms with Gasteiger partial charge in [0.2, 0.25) is 12.3 Å². The Morgan fingerprint density at radius 1 is 1.26 bits per heavy atom. The van der Waals surface area contributed by atoms with Crippen LogP contribution in [0.3, 0.4) is 0 Å². The number of fused-ring (bicyclic) bond motifs is 5. The molecule has 0 spiro atoms. The highest BCUT2D eigenvalue weighted by molar-refractivity contribution is 5.94. The monoisotopic (exact) mass is 576 g/mol. The van der Waals surface area contributed by atoms with E-state index >= 15 is 4.39 Å². The van der Waals surface area contributed by atoms with Gasteiger partial charge in [-0.3, -0.25) is 14.4 Å². The molecule has 218 valence electrons. The first-order valence-electron chi connectivity index (χ1n) is 14.1. The van der Waals surface area contributed by atoms with Crippen molar-refractivity contribution >= 4 is 29.2 Å². The lowest BCUT2D eigenvalue weighted by molar-refractivity contribution is -0.172. The van der Waals surface area contributed by atoms with E-state index in [1.165, 1.54) is 15.5 Å². The molecule has 4 atom stereocenters. The molecule has 42 heavy (non-hydrogen) atoms. The first kappa shape index (κ1) is 26.7. The van der Waals surface area contributed by atoms with E-state index in [0.29, 0.717) is 58.2 Å². The molecule has 1 aliphatic carbocycles. The Kier molecular flexibility index (Phi) is 5.83. The highest BCUT2D eigenvalue weighted by atomic mass is 19.1. The lowest BCUT2D eigenvalue weighted by Gasteiger charge is -2.31. The van der Waals surface area contributed by atoms with Gasteiger partial charge in [-0.15, -0.1) is 0 Å². The largest absolute Gasteiger partial charge is 0.458 e. The summed E-state index contributed by atoms with van der Waals surface area (Å²) in [5.74, 6) is -1.74. The highest BCUT2D eigenvalue weighted by Crippen LogP contribution is 2.46. The van der Waals surface area contributed by atoms with Gasteiger partial charge in [-0.05, 0) is 55.4 Å². The SMILES string of the molecule is CC[C@@]1(O)C(=O)OCc2c1cc1n(c2=O)Cc2c-1nc1cc(F)c(C)c3c1c2[C@@H](NC(=O)C1[C@@H](O)CCN1C=O)CC3. The number of ether oxygens (including phenoxy) is 1. The second kappa shape index (κ2) is 9.17. The van der Waals surface area contributed by atoms with Gasteiger partial charge >= 0.3 is 5.97 Å². The van der Waals surface area contributed by atoms with Crippen molar-refractivity contribution < 1.29 is 33.7 Å². The maximum Gasteiger partial charge on any atom is 0.343 e. The van der Waals surface area contributed by atoms with Gasteiger partial charge in [0.15, 0.2) is 5.60 Å². The Hall–Kier alpha value is -4.16. The summed E-state index contributed by atoms with van der Waals surface area (Å²) in [6, 6.07) is 1.35. The van der Waals surface area contributed by atoms with Crippen LogP contribution in [-0.4, -0.2) is 61.6 Å². The summed E-state index contributed by atoms with van der Waals surface area (Å²) in [5.41, 5.74) is 1.73. The van der Waals surface area contributed by atoms with Crippen molar-refractivity contribution in [3.8, 4) is 11.4 Å². The van der Waals surface area contributed by atoms with Gasteiger partial charge in [0.1, 0.15) is 18.5 Å². The second-order valence-electron chi connectivity index (χ2n) is 11.6. The molecule has 11 nitrogen and oxygen atoms in total. The predicted molar refractivity (Wildman–Crippen MR) is 146 cm³/mol. The number of cyclic esters (lactones) is 1. The van der Waals surface area contributed by atoms with Crippen LogP contribution in [-0.2, 0) is 44.3 Å². The van der Waals surface area contributed by atoms with Gasteiger partial charge in [-0.25, -0.2) is 14.2 Å². The molecule has 1 unspecified atom stereocenters. The number of nitrogens with zero attached hydrogens (tertiary/aromatic N) is 3. The average Bonchev–Trinajstić information content (AvgIpc) is 3.54. The Bertz CT molecular complexity index is 1800. The Balaban J connectivity index is 1.43. The van der Waals surface area contributed by atoms with E-state index in [-0.39, 0.29) is 43.7 Å². The van der Waals surface area contributed by atoms with Crippen LogP contribution < -0.4 is 10.9 Å². The molecule has 4 aliphatic rings. The first-order valence-corrected chi connectivity index (χ1v) is 14.1. The maximum atomic E-state index is 15.1. The zero-order valence-corrected chi connectivity index (χ0v) is 23.1. The molecule has 3 aromatic rings. The minimum Gasteiger partial charge on any atom is -0.458 e. The van der Waals surface area contributed by atoms with Crippen LogP contribution in [0.2, 0.25) is 0 Å². The number of aliphatic hydroxyl groups excluding tert-OH is 1. The van der Waals surface area contributed by atoms with Crippen LogP contribution in [0.4, 0.5) is 4.39 Å². The van der Waals surface area contributed by atoms with E-state index in [2.05, 4.69) is 5.32 Å². The lowest BCUT2D eigenvalue weighted by atomic mass is 9.81. The van der Waals surface area contributed by atoms with Gasteiger partial charge in [-0.2, -0.15) is 0 Å². The number of aliphatic hydroxyl groups is 2. The fourth-order valence-electron chi connectivity index (χ4n) is 7.20. The van der Waals surface area contributed by atoms with Gasteiger partial charge in [0.05, 0.1) is 41.2 Å². The van der Waals surface area contributed by atoms with E-state index in [1.54, 1.807) is 19.9 Å². The molecule has 2 amide bonds. The van der Waals surface area contributed by atoms with Gasteiger partial charge in [0.25, 0.3) is 5.56 Å². The summed E-state index contributed by atoms with van der Waals surface area (Å²) in [6.07, 6.45) is 0.740. The molecule has 2 aromatic heterocycles. The predicted octanol–water partition coefficient (Wildman–Crippen LogP) is 1.22. The molecule has 3 N–H and O–H groups in total. The van der Waals surface area contributed by atoms with Crippen molar-refractivity contribution in [2.24, 2.45) is 0 Å². The number of esters is 1. The molecule has 1 saturated heterocycles. The zero-order chi connectivity index (χ0) is 29.7. The number of halogens is 1. The number of aromatic nitrogens is 2. The zero-order valence-electron chi connectivity index (χ0n) is 23.1. The number of amides is 2. The van der Waals surface area contributed by atoms with Crippen molar-refractivity contribution in [3.63, 3.8) is 0 Å². The summed E-state index contributed by atoms with van der Waals surface area (Å²) in [6.45, 7) is 3.44. The van der Waals surface area contributed by atoms with Crippen molar-refractivity contribution in [1.82, 2.24) is 19.8 Å². The van der Waals surface area contributed by atoms with Gasteiger partial charge in [-0.1, -0.05) is 6.92 Å². The average molecular weight is 577 g/mol. The van der Waals surface area contributed by atoms with Crippen LogP contribution in [0.5, 0.6) is 0 Å². The number of rotatable bonds is 4. The molecule has 5 heterocycles. The number of benzene rings is 1. The quantitative estimate of drug-likeness (QED) is 0.242. The third kappa shape index (κ3) is 3.48. The molecular weight excluding hydrogens is 547 g/mol. The molecular formula is C30H29FN4O7. The fourth-order valence-corrected chi connectivity index (χ4v) is 7.20. The lowest BCUT2D eigenvalue weighted by Crippen LogP contribution is -2.49. The number of likely N-dealkylation sites (tertiary alicyclic amines) is 1. The van der Waals surface area contributed by atoms with Crippen LogP contribution in [0.15, 0.2) is 16.9 Å². The molecule has 1 fully saturated rings. The van der Waals surface area contributed by atoms with Crippen molar-refractivity contribution in [2.45, 2.75) is 76.5 Å². The number of hydrogen-bond donors (Lipinski definition) is 3. The summed E-state index contributed by atoms with van der Waals surface area (Å²) in [4.78, 5) is 57.4. The van der Waals surface area contributed by atoms with Crippen LogP contribution >= 0.6 is 0 Å². The number of nitrogens with one attached hydrogen (secondary N) is 1. The highest BCUT2D eigenvalue weighted by Gasteiger charge is 2.46. The van der Waals surface area contributed by atoms with Crippen molar-refractivity contribution in [3.05, 3.63) is 61.7 Å². The van der Waals surface area contributed by atoms with E-state index in [1.807, 2.05) is 0 Å². The minimum absolute atomic E-state index is 0.00222. The van der Waals surface area contributed by atoms with Crippen molar-refractivity contribution in [2.75, 3.05) is 6.54 Å². The summed E-state index contributed by atoms with van der Waals surface area (Å²) >= 11 is 0. The number of aryl methyl sites for hydroxylation is 1. The number of carbonyl (C=O) groups excluding carboxylic acids is 3. The van der Waals surface area contributed by atoms with E-state index in [9.17, 15) is 29.4 Å². The Morgan fingerprint density at radius 2 is 2.05 bits per heavy atom.